The molecular formula is C28H31N3O2. The quantitative estimate of drug-likeness (QED) is 0.601. The third kappa shape index (κ3) is 5.30. The Labute approximate surface area is 195 Å². The predicted octanol–water partition coefficient (Wildman–Crippen LogP) is 4.74. The van der Waals surface area contributed by atoms with Gasteiger partial charge in [0.25, 0.3) is 5.91 Å². The maximum absolute atomic E-state index is 13.5. The summed E-state index contributed by atoms with van der Waals surface area (Å²) in [7, 11) is 0. The summed E-state index contributed by atoms with van der Waals surface area (Å²) in [6.45, 7) is 4.97. The minimum atomic E-state index is -0.665. The van der Waals surface area contributed by atoms with Crippen LogP contribution in [0.2, 0.25) is 0 Å². The molecule has 5 nitrogen and oxygen atoms in total. The van der Waals surface area contributed by atoms with Crippen LogP contribution in [-0.4, -0.2) is 40.8 Å². The molecule has 0 saturated carbocycles. The molecule has 0 spiro atoms. The average molecular weight is 442 g/mol. The lowest BCUT2D eigenvalue weighted by molar-refractivity contribution is -0.134. The minimum absolute atomic E-state index is 0.0168. The topological polar surface area (TPSA) is 62.3 Å². The Morgan fingerprint density at radius 3 is 2.33 bits per heavy atom. The number of nitrogens with zero attached hydrogens (tertiary/aromatic N) is 2. The van der Waals surface area contributed by atoms with Gasteiger partial charge in [-0.25, -0.2) is 0 Å². The molecule has 5 heteroatoms. The number of pyridine rings is 1. The second-order valence-electron chi connectivity index (χ2n) is 9.19. The van der Waals surface area contributed by atoms with Gasteiger partial charge in [-0.3, -0.25) is 14.6 Å². The van der Waals surface area contributed by atoms with Gasteiger partial charge >= 0.3 is 0 Å². The number of piperidine rings is 1. The molecule has 1 aliphatic rings. The molecule has 0 radical (unpaired) electrons. The Morgan fingerprint density at radius 1 is 0.970 bits per heavy atom. The molecule has 2 amide bonds. The second kappa shape index (κ2) is 9.99. The summed E-state index contributed by atoms with van der Waals surface area (Å²) in [5.41, 5.74) is 3.17. The molecule has 0 aliphatic carbocycles. The van der Waals surface area contributed by atoms with Crippen LogP contribution in [0.25, 0.3) is 11.1 Å². The normalized spacial score (nSPS) is 18.2. The van der Waals surface area contributed by atoms with Crippen LogP contribution in [0.4, 0.5) is 0 Å². The van der Waals surface area contributed by atoms with E-state index >= 15 is 0 Å². The Morgan fingerprint density at radius 2 is 1.67 bits per heavy atom. The highest BCUT2D eigenvalue weighted by atomic mass is 16.2. The highest BCUT2D eigenvalue weighted by molar-refractivity contribution is 5.93. The fourth-order valence-corrected chi connectivity index (χ4v) is 4.62. The maximum Gasteiger partial charge on any atom is 0.272 e. The van der Waals surface area contributed by atoms with Gasteiger partial charge in [-0.15, -0.1) is 0 Å². The van der Waals surface area contributed by atoms with E-state index in [4.69, 9.17) is 0 Å². The second-order valence-corrected chi connectivity index (χ2v) is 9.19. The van der Waals surface area contributed by atoms with E-state index in [-0.39, 0.29) is 17.9 Å². The molecule has 2 aromatic carbocycles. The maximum atomic E-state index is 13.5. The van der Waals surface area contributed by atoms with E-state index in [0.717, 1.165) is 24.0 Å². The number of carbonyl (C=O) groups is 2. The van der Waals surface area contributed by atoms with Crippen LogP contribution < -0.4 is 5.32 Å². The van der Waals surface area contributed by atoms with Gasteiger partial charge in [0.2, 0.25) is 5.91 Å². The summed E-state index contributed by atoms with van der Waals surface area (Å²) in [6.07, 6.45) is 3.75. The van der Waals surface area contributed by atoms with Crippen LogP contribution in [0.15, 0.2) is 79.0 Å². The summed E-state index contributed by atoms with van der Waals surface area (Å²) in [5, 5.41) is 3.12. The highest BCUT2D eigenvalue weighted by Crippen LogP contribution is 2.35. The monoisotopic (exact) mass is 441 g/mol. The van der Waals surface area contributed by atoms with Crippen molar-refractivity contribution in [1.82, 2.24) is 15.2 Å². The van der Waals surface area contributed by atoms with E-state index in [0.29, 0.717) is 25.2 Å². The summed E-state index contributed by atoms with van der Waals surface area (Å²) in [6, 6.07) is 24.1. The van der Waals surface area contributed by atoms with Gasteiger partial charge in [0.15, 0.2) is 0 Å². The zero-order chi connectivity index (χ0) is 23.3. The van der Waals surface area contributed by atoms with Crippen LogP contribution in [0, 0.1) is 5.41 Å². The molecule has 1 N–H and O–H groups in total. The van der Waals surface area contributed by atoms with Crippen LogP contribution in [0.3, 0.4) is 0 Å². The average Bonchev–Trinajstić information content (AvgIpc) is 2.85. The molecule has 2 heterocycles. The molecule has 3 aromatic rings. The summed E-state index contributed by atoms with van der Waals surface area (Å²) < 4.78 is 0. The van der Waals surface area contributed by atoms with Gasteiger partial charge in [0.05, 0.1) is 5.41 Å². The number of nitrogens with one attached hydrogen (secondary N) is 1. The third-order valence-electron chi connectivity index (χ3n) is 6.25. The zero-order valence-corrected chi connectivity index (χ0v) is 19.3. The summed E-state index contributed by atoms with van der Waals surface area (Å²) in [5.74, 6) is -0.0976. The molecule has 1 atom stereocenters. The Bertz CT molecular complexity index is 1080. The number of carbonyl (C=O) groups excluding carboxylic acids is 2. The zero-order valence-electron chi connectivity index (χ0n) is 19.3. The first-order chi connectivity index (χ1) is 16.0. The number of hydrogen-bond donors (Lipinski definition) is 1. The minimum Gasteiger partial charge on any atom is -0.353 e. The predicted molar refractivity (Wildman–Crippen MR) is 131 cm³/mol. The number of aromatic nitrogens is 1. The van der Waals surface area contributed by atoms with E-state index in [9.17, 15) is 9.59 Å². The Hall–Kier alpha value is -3.47. The van der Waals surface area contributed by atoms with Gasteiger partial charge < -0.3 is 10.2 Å². The number of benzene rings is 2. The van der Waals surface area contributed by atoms with E-state index in [1.807, 2.05) is 38.1 Å². The van der Waals surface area contributed by atoms with Gasteiger partial charge in [-0.2, -0.15) is 0 Å². The largest absolute Gasteiger partial charge is 0.353 e. The van der Waals surface area contributed by atoms with E-state index < -0.39 is 5.41 Å². The number of rotatable bonds is 6. The van der Waals surface area contributed by atoms with Crippen molar-refractivity contribution in [3.05, 3.63) is 90.3 Å². The van der Waals surface area contributed by atoms with Crippen LogP contribution >= 0.6 is 0 Å². The number of amides is 2. The SMILES string of the molecule is CC(C)NC(=O)C1(Cc2ccc(-c3ccccc3)cc2)CCCN(C(=O)c2ccccn2)C1. The van der Waals surface area contributed by atoms with Gasteiger partial charge in [-0.1, -0.05) is 60.7 Å². The van der Waals surface area contributed by atoms with Gasteiger partial charge in [-0.05, 0) is 61.9 Å². The van der Waals surface area contributed by atoms with Gasteiger partial charge in [0, 0.05) is 25.3 Å². The van der Waals surface area contributed by atoms with Crippen LogP contribution in [0.1, 0.15) is 42.7 Å². The summed E-state index contributed by atoms with van der Waals surface area (Å²) >= 11 is 0. The molecule has 1 unspecified atom stereocenters. The molecule has 0 bridgehead atoms. The Kier molecular flexibility index (Phi) is 6.87. The first-order valence-electron chi connectivity index (χ1n) is 11.6. The van der Waals surface area contributed by atoms with Crippen molar-refractivity contribution in [1.29, 1.82) is 0 Å². The lowest BCUT2D eigenvalue weighted by Crippen LogP contribution is -2.55. The molecule has 170 valence electrons. The first kappa shape index (κ1) is 22.7. The van der Waals surface area contributed by atoms with E-state index in [1.165, 1.54) is 5.56 Å². The molecule has 1 saturated heterocycles. The lowest BCUT2D eigenvalue weighted by Gasteiger charge is -2.42. The van der Waals surface area contributed by atoms with Gasteiger partial charge in [0.1, 0.15) is 5.69 Å². The van der Waals surface area contributed by atoms with E-state index in [1.54, 1.807) is 23.2 Å². The molecule has 1 aromatic heterocycles. The van der Waals surface area contributed by atoms with E-state index in [2.05, 4.69) is 46.7 Å². The number of likely N-dealkylation sites (tertiary alicyclic amines) is 1. The number of hydrogen-bond acceptors (Lipinski definition) is 3. The Balaban J connectivity index is 1.59. The molecule has 4 rings (SSSR count). The standard InChI is InChI=1S/C28H31N3O2/c1-21(2)30-27(33)28(16-8-18-31(20-28)26(32)25-11-6-7-17-29-25)19-22-12-14-24(15-13-22)23-9-4-3-5-10-23/h3-7,9-15,17,21H,8,16,18-20H2,1-2H3,(H,30,33). The highest BCUT2D eigenvalue weighted by Gasteiger charge is 2.44. The van der Waals surface area contributed by atoms with Crippen molar-refractivity contribution in [3.63, 3.8) is 0 Å². The molecule has 33 heavy (non-hydrogen) atoms. The molecular weight excluding hydrogens is 410 g/mol. The smallest absolute Gasteiger partial charge is 0.272 e. The van der Waals surface area contributed by atoms with Crippen molar-refractivity contribution in [2.75, 3.05) is 13.1 Å². The first-order valence-corrected chi connectivity index (χ1v) is 11.6. The molecule has 1 aliphatic heterocycles. The molecule has 1 fully saturated rings. The fraction of sp³-hybridized carbons (Fsp3) is 0.321. The van der Waals surface area contributed by atoms with Crippen molar-refractivity contribution < 1.29 is 9.59 Å². The lowest BCUT2D eigenvalue weighted by atomic mass is 9.74. The third-order valence-corrected chi connectivity index (χ3v) is 6.25. The van der Waals surface area contributed by atoms with Crippen molar-refractivity contribution >= 4 is 11.8 Å². The van der Waals surface area contributed by atoms with Crippen molar-refractivity contribution in [2.24, 2.45) is 5.41 Å². The van der Waals surface area contributed by atoms with Crippen LogP contribution in [0.5, 0.6) is 0 Å². The van der Waals surface area contributed by atoms with Crippen LogP contribution in [-0.2, 0) is 11.2 Å². The fourth-order valence-electron chi connectivity index (χ4n) is 4.62. The van der Waals surface area contributed by atoms with Crippen molar-refractivity contribution in [2.45, 2.75) is 39.2 Å². The van der Waals surface area contributed by atoms with Crippen molar-refractivity contribution in [3.8, 4) is 11.1 Å². The summed E-state index contributed by atoms with van der Waals surface area (Å²) in [4.78, 5) is 32.6.